The maximum absolute atomic E-state index is 14.2. The van der Waals surface area contributed by atoms with Crippen molar-refractivity contribution in [2.24, 2.45) is 0 Å². The fourth-order valence-corrected chi connectivity index (χ4v) is 8.50. The Bertz CT molecular complexity index is 2390. The molecule has 0 unspecified atom stereocenters. The van der Waals surface area contributed by atoms with E-state index in [2.05, 4.69) is 13.2 Å². The molecule has 0 saturated carbocycles. The molecule has 0 N–H and O–H groups in total. The van der Waals surface area contributed by atoms with Crippen LogP contribution in [0.1, 0.15) is 59.1 Å². The van der Waals surface area contributed by atoms with Crippen molar-refractivity contribution in [2.75, 3.05) is 63.3 Å². The molecule has 2 fully saturated rings. The number of esters is 2. The normalized spacial score (nSPS) is 20.4. The van der Waals surface area contributed by atoms with Crippen LogP contribution in [-0.2, 0) is 49.1 Å². The van der Waals surface area contributed by atoms with Crippen LogP contribution in [0, 0.1) is 0 Å². The van der Waals surface area contributed by atoms with Gasteiger partial charge in [-0.1, -0.05) is 77.3 Å². The Morgan fingerprint density at radius 1 is 0.538 bits per heavy atom. The molecule has 4 aliphatic heterocycles. The van der Waals surface area contributed by atoms with Crippen molar-refractivity contribution >= 4 is 59.0 Å². The number of ether oxygens (including phenoxy) is 2. The maximum Gasteiger partial charge on any atom is 0.334 e. The molecule has 0 atom stereocenters. The first-order valence-corrected chi connectivity index (χ1v) is 21.1. The molecule has 4 aliphatic rings. The smallest absolute Gasteiger partial charge is 0.334 e. The summed E-state index contributed by atoms with van der Waals surface area (Å²) in [5.74, 6) is -5.08. The molecule has 0 aliphatic carbocycles. The first kappa shape index (κ1) is 47.1. The van der Waals surface area contributed by atoms with Gasteiger partial charge in [-0.05, 0) is 67.8 Å². The van der Waals surface area contributed by atoms with E-state index in [1.807, 2.05) is 100 Å². The lowest BCUT2D eigenvalue weighted by molar-refractivity contribution is -0.143. The topological polar surface area (TPSA) is 174 Å². The number of para-hydroxylation sites is 2. The molecule has 340 valence electrons. The number of amides is 8. The third-order valence-corrected chi connectivity index (χ3v) is 12.1. The van der Waals surface area contributed by atoms with Gasteiger partial charge in [0.25, 0.3) is 23.6 Å². The Labute approximate surface area is 378 Å². The van der Waals surface area contributed by atoms with Gasteiger partial charge in [0, 0.05) is 71.9 Å². The highest BCUT2D eigenvalue weighted by molar-refractivity contribution is 6.29. The summed E-state index contributed by atoms with van der Waals surface area (Å²) in [7, 11) is 3.75. The second kappa shape index (κ2) is 18.4. The fourth-order valence-electron chi connectivity index (χ4n) is 8.50. The van der Waals surface area contributed by atoms with Gasteiger partial charge in [-0.3, -0.25) is 38.8 Å². The quantitative estimate of drug-likeness (QED) is 0.129. The molecule has 65 heavy (non-hydrogen) atoms. The number of nitrogens with zero attached hydrogens (tertiary/aromatic N) is 6. The first-order chi connectivity index (χ1) is 30.6. The molecule has 6 rings (SSSR count). The number of fused-ring (bicyclic) bond motifs is 2. The van der Waals surface area contributed by atoms with Gasteiger partial charge in [-0.15, -0.1) is 0 Å². The third kappa shape index (κ3) is 8.80. The molecule has 8 amide bonds. The summed E-state index contributed by atoms with van der Waals surface area (Å²) in [6.07, 6.45) is 5.90. The van der Waals surface area contributed by atoms with E-state index in [0.717, 1.165) is 53.5 Å². The van der Waals surface area contributed by atoms with Gasteiger partial charge in [0.2, 0.25) is 0 Å². The lowest BCUT2D eigenvalue weighted by atomic mass is 9.83. The second-order valence-corrected chi connectivity index (χ2v) is 17.2. The standard InChI is InChI=1S/C49H54N6O10/c1-30(2)44(60)64-28-26-54-42(58)32(20-22-38-48(5,6)34-16-11-13-18-36(34)50(38)9)40(56)52(46(54)62)24-15-25-53-41(57)33(43(59)55(47(53)63)27-29-65-45(61)31(3)4)21-23-39-49(7,8)35-17-12-14-19-37(35)51(39)10/h11-14,16-23H,1,3,15,24-29H2,2,4-10H3/b32-20-,33-21-,38-22+,39-23+. The fraction of sp³-hybridized carbons (Fsp3) is 0.347. The van der Waals surface area contributed by atoms with Crippen molar-refractivity contribution in [2.45, 2.75) is 58.8 Å². The molecular formula is C49H54N6O10. The molecule has 16 heteroatoms. The van der Waals surface area contributed by atoms with Gasteiger partial charge < -0.3 is 19.3 Å². The van der Waals surface area contributed by atoms with Crippen LogP contribution in [0.15, 0.2) is 120 Å². The number of anilines is 2. The summed E-state index contributed by atoms with van der Waals surface area (Å²) >= 11 is 0. The van der Waals surface area contributed by atoms with Gasteiger partial charge in [-0.2, -0.15) is 0 Å². The lowest BCUT2D eigenvalue weighted by Crippen LogP contribution is -2.59. The molecule has 4 heterocycles. The Hall–Kier alpha value is -7.36. The number of barbiturate groups is 2. The van der Waals surface area contributed by atoms with Crippen molar-refractivity contribution in [3.05, 3.63) is 131 Å². The number of hydrogen-bond acceptors (Lipinski definition) is 12. The molecule has 2 aromatic carbocycles. The van der Waals surface area contributed by atoms with Crippen LogP contribution in [-0.4, -0.2) is 121 Å². The SMILES string of the molecule is C=C(C)C(=O)OCCN1C(=O)/C(=C\C=C2\N(C)c3ccccc3C2(C)C)C(=O)N(CCCN2C(=O)/C(=C/C=C3/N(C)c4ccccc4C3(C)C)C(=O)N(CCOC(=O)C(=C)C)C2=O)C1=O. The van der Waals surface area contributed by atoms with Gasteiger partial charge in [0.1, 0.15) is 24.4 Å². The van der Waals surface area contributed by atoms with Crippen molar-refractivity contribution in [3.8, 4) is 0 Å². The van der Waals surface area contributed by atoms with Gasteiger partial charge >= 0.3 is 24.0 Å². The second-order valence-electron chi connectivity index (χ2n) is 17.2. The Balaban J connectivity index is 1.29. The molecule has 16 nitrogen and oxygen atoms in total. The van der Waals surface area contributed by atoms with Crippen LogP contribution >= 0.6 is 0 Å². The van der Waals surface area contributed by atoms with Gasteiger partial charge in [0.05, 0.1) is 13.1 Å². The third-order valence-electron chi connectivity index (χ3n) is 12.1. The summed E-state index contributed by atoms with van der Waals surface area (Å²) in [5, 5.41) is 0. The van der Waals surface area contributed by atoms with E-state index < -0.39 is 58.5 Å². The van der Waals surface area contributed by atoms with E-state index in [1.54, 1.807) is 12.2 Å². The average Bonchev–Trinajstić information content (AvgIpc) is 3.58. The van der Waals surface area contributed by atoms with E-state index in [0.29, 0.717) is 0 Å². The van der Waals surface area contributed by atoms with Gasteiger partial charge in [0.15, 0.2) is 0 Å². The highest BCUT2D eigenvalue weighted by atomic mass is 16.5. The minimum absolute atomic E-state index is 0.111. The highest BCUT2D eigenvalue weighted by Crippen LogP contribution is 2.48. The number of urea groups is 2. The average molecular weight is 887 g/mol. The Kier molecular flexibility index (Phi) is 13.3. The molecule has 2 saturated heterocycles. The van der Waals surface area contributed by atoms with Crippen molar-refractivity contribution in [1.29, 1.82) is 0 Å². The van der Waals surface area contributed by atoms with Crippen LogP contribution in [0.25, 0.3) is 0 Å². The summed E-state index contributed by atoms with van der Waals surface area (Å²) in [6, 6.07) is 13.6. The lowest BCUT2D eigenvalue weighted by Gasteiger charge is -2.36. The zero-order valence-electron chi connectivity index (χ0n) is 38.1. The molecule has 0 bridgehead atoms. The van der Waals surface area contributed by atoms with Gasteiger partial charge in [-0.25, -0.2) is 19.2 Å². The minimum Gasteiger partial charge on any atom is -0.460 e. The Morgan fingerprint density at radius 2 is 0.862 bits per heavy atom. The zero-order chi connectivity index (χ0) is 47.7. The van der Waals surface area contributed by atoms with Crippen LogP contribution in [0.4, 0.5) is 21.0 Å². The number of imide groups is 4. The highest BCUT2D eigenvalue weighted by Gasteiger charge is 2.45. The number of hydrogen-bond donors (Lipinski definition) is 0. The molecule has 0 radical (unpaired) electrons. The van der Waals surface area contributed by atoms with Crippen LogP contribution in [0.2, 0.25) is 0 Å². The van der Waals surface area contributed by atoms with E-state index in [9.17, 15) is 38.4 Å². The first-order valence-electron chi connectivity index (χ1n) is 21.1. The van der Waals surface area contributed by atoms with Crippen molar-refractivity contribution in [3.63, 3.8) is 0 Å². The summed E-state index contributed by atoms with van der Waals surface area (Å²) in [5.41, 5.74) is 4.05. The summed E-state index contributed by atoms with van der Waals surface area (Å²) < 4.78 is 10.4. The van der Waals surface area contributed by atoms with E-state index in [1.165, 1.54) is 26.0 Å². The van der Waals surface area contributed by atoms with Crippen LogP contribution in [0.3, 0.4) is 0 Å². The van der Waals surface area contributed by atoms with Crippen molar-refractivity contribution in [1.82, 2.24) is 19.6 Å². The number of carbonyl (C=O) groups excluding carboxylic acids is 8. The van der Waals surface area contributed by atoms with E-state index in [-0.39, 0.29) is 68.1 Å². The largest absolute Gasteiger partial charge is 0.460 e. The predicted octanol–water partition coefficient (Wildman–Crippen LogP) is 5.67. The zero-order valence-corrected chi connectivity index (χ0v) is 38.1. The monoisotopic (exact) mass is 886 g/mol. The molecule has 2 aromatic rings. The number of rotatable bonds is 14. The number of allylic oxidation sites excluding steroid dienone is 6. The molecule has 0 spiro atoms. The van der Waals surface area contributed by atoms with Crippen LogP contribution < -0.4 is 9.80 Å². The van der Waals surface area contributed by atoms with Crippen LogP contribution in [0.5, 0.6) is 0 Å². The summed E-state index contributed by atoms with van der Waals surface area (Å²) in [4.78, 5) is 116. The van der Waals surface area contributed by atoms with E-state index >= 15 is 0 Å². The number of carbonyl (C=O) groups is 8. The maximum atomic E-state index is 14.2. The van der Waals surface area contributed by atoms with E-state index in [4.69, 9.17) is 9.47 Å². The predicted molar refractivity (Wildman–Crippen MR) is 242 cm³/mol. The summed E-state index contributed by atoms with van der Waals surface area (Å²) in [6.45, 7) is 15.8. The minimum atomic E-state index is -0.995. The number of likely N-dealkylation sites (N-methyl/N-ethyl adjacent to an activating group) is 2. The van der Waals surface area contributed by atoms with Crippen molar-refractivity contribution < 1.29 is 47.8 Å². The number of benzene rings is 2. The molecular weight excluding hydrogens is 833 g/mol. The Morgan fingerprint density at radius 3 is 1.18 bits per heavy atom. The molecule has 0 aromatic heterocycles.